The van der Waals surface area contributed by atoms with Crippen molar-refractivity contribution >= 4 is 40.9 Å². The molecule has 0 saturated heterocycles. The van der Waals surface area contributed by atoms with Gasteiger partial charge in [0.1, 0.15) is 5.58 Å². The summed E-state index contributed by atoms with van der Waals surface area (Å²) < 4.78 is 5.45. The van der Waals surface area contributed by atoms with Crippen LogP contribution < -0.4 is 0 Å². The van der Waals surface area contributed by atoms with Crippen LogP contribution in [-0.4, -0.2) is 29.6 Å². The highest BCUT2D eigenvalue weighted by Crippen LogP contribution is 2.35. The molecular weight excluding hydrogens is 289 g/mol. The summed E-state index contributed by atoms with van der Waals surface area (Å²) in [5, 5.41) is 10.8. The Balaban J connectivity index is 0.00000133. The fourth-order valence-electron chi connectivity index (χ4n) is 2.52. The molecule has 4 nitrogen and oxygen atoms in total. The summed E-state index contributed by atoms with van der Waals surface area (Å²) in [6, 6.07) is 3.51. The molecule has 1 aromatic heterocycles. The van der Waals surface area contributed by atoms with Crippen molar-refractivity contribution < 1.29 is 14.3 Å². The predicted octanol–water partition coefficient (Wildman–Crippen LogP) is 3.19. The normalized spacial score (nSPS) is 15.1. The number of hydrogen-bond donors (Lipinski definition) is 1. The molecule has 0 amide bonds. The minimum atomic E-state index is -1.03. The third-order valence-corrected chi connectivity index (χ3v) is 3.73. The number of furan rings is 1. The predicted molar refractivity (Wildman–Crippen MR) is 75.5 cm³/mol. The van der Waals surface area contributed by atoms with Crippen LogP contribution in [0.4, 0.5) is 0 Å². The van der Waals surface area contributed by atoms with Gasteiger partial charge in [-0.2, -0.15) is 0 Å². The Bertz CT molecular complexity index is 651. The molecule has 2 heterocycles. The third-order valence-electron chi connectivity index (χ3n) is 3.37. The van der Waals surface area contributed by atoms with Crippen LogP contribution in [0.25, 0.3) is 11.0 Å². The summed E-state index contributed by atoms with van der Waals surface area (Å²) in [5.41, 5.74) is 2.33. The van der Waals surface area contributed by atoms with E-state index in [-0.39, 0.29) is 18.2 Å². The van der Waals surface area contributed by atoms with Gasteiger partial charge in [-0.3, -0.25) is 0 Å². The van der Waals surface area contributed by atoms with E-state index >= 15 is 0 Å². The van der Waals surface area contributed by atoms with Gasteiger partial charge in [0.2, 0.25) is 5.76 Å². The van der Waals surface area contributed by atoms with Crippen LogP contribution in [0.5, 0.6) is 0 Å². The molecule has 1 aliphatic rings. The second-order valence-electron chi connectivity index (χ2n) is 4.60. The lowest BCUT2D eigenvalue weighted by Crippen LogP contribution is -2.19. The molecule has 0 spiro atoms. The van der Waals surface area contributed by atoms with E-state index in [0.717, 1.165) is 29.5 Å². The van der Waals surface area contributed by atoms with Gasteiger partial charge in [0.25, 0.3) is 0 Å². The summed E-state index contributed by atoms with van der Waals surface area (Å²) in [5.74, 6) is -0.999. The van der Waals surface area contributed by atoms with Crippen molar-refractivity contribution in [3.05, 3.63) is 34.0 Å². The van der Waals surface area contributed by atoms with Crippen LogP contribution in [0.3, 0.4) is 0 Å². The number of carboxylic acid groups (broad SMARTS) is 1. The molecule has 0 unspecified atom stereocenters. The molecule has 2 aromatic rings. The average molecular weight is 302 g/mol. The van der Waals surface area contributed by atoms with Gasteiger partial charge in [0, 0.05) is 29.1 Å². The lowest BCUT2D eigenvalue weighted by molar-refractivity contribution is 0.0662. The van der Waals surface area contributed by atoms with Crippen molar-refractivity contribution in [1.82, 2.24) is 4.90 Å². The highest BCUT2D eigenvalue weighted by Gasteiger charge is 2.26. The monoisotopic (exact) mass is 301 g/mol. The molecule has 0 saturated carbocycles. The summed E-state index contributed by atoms with van der Waals surface area (Å²) in [7, 11) is 1.96. The Morgan fingerprint density at radius 3 is 2.84 bits per heavy atom. The van der Waals surface area contributed by atoms with Crippen molar-refractivity contribution in [1.29, 1.82) is 0 Å². The van der Waals surface area contributed by atoms with Gasteiger partial charge in [-0.1, -0.05) is 11.6 Å². The molecule has 0 aliphatic carbocycles. The highest BCUT2D eigenvalue weighted by molar-refractivity contribution is 6.32. The van der Waals surface area contributed by atoms with Crippen LogP contribution in [0.2, 0.25) is 5.02 Å². The van der Waals surface area contributed by atoms with E-state index in [1.54, 1.807) is 12.1 Å². The Hall–Kier alpha value is -1.23. The second kappa shape index (κ2) is 5.04. The zero-order valence-electron chi connectivity index (χ0n) is 10.3. The van der Waals surface area contributed by atoms with Crippen LogP contribution in [0.1, 0.15) is 21.7 Å². The first-order chi connectivity index (χ1) is 8.58. The number of aromatic carboxylic acids is 1. The second-order valence-corrected chi connectivity index (χ2v) is 5.01. The van der Waals surface area contributed by atoms with E-state index in [1.165, 1.54) is 0 Å². The first-order valence-corrected chi connectivity index (χ1v) is 6.10. The Morgan fingerprint density at radius 2 is 2.16 bits per heavy atom. The van der Waals surface area contributed by atoms with E-state index in [4.69, 9.17) is 16.0 Å². The van der Waals surface area contributed by atoms with E-state index in [9.17, 15) is 9.90 Å². The Labute approximate surface area is 121 Å². The standard InChI is InChI=1S/C13H12ClNO3.ClH/c1-15-5-4-7-9(14)2-3-10-11(7)8(6-15)12(18-10)13(16)17;/h2-3H,4-6H2,1H3,(H,16,17);1H. The maximum absolute atomic E-state index is 11.2. The fraction of sp³-hybridized carbons (Fsp3) is 0.308. The molecular formula is C13H13Cl2NO3. The first-order valence-electron chi connectivity index (χ1n) is 5.72. The average Bonchev–Trinajstić information content (AvgIpc) is 2.57. The van der Waals surface area contributed by atoms with Gasteiger partial charge in [-0.05, 0) is 31.2 Å². The van der Waals surface area contributed by atoms with Gasteiger partial charge in [0.05, 0.1) is 0 Å². The maximum atomic E-state index is 11.2. The number of carbonyl (C=O) groups is 1. The van der Waals surface area contributed by atoms with Gasteiger partial charge in [-0.25, -0.2) is 4.79 Å². The smallest absolute Gasteiger partial charge is 0.372 e. The quantitative estimate of drug-likeness (QED) is 0.879. The van der Waals surface area contributed by atoms with Crippen molar-refractivity contribution in [2.24, 2.45) is 0 Å². The van der Waals surface area contributed by atoms with E-state index in [0.29, 0.717) is 17.2 Å². The summed E-state index contributed by atoms with van der Waals surface area (Å²) in [6.45, 7) is 1.43. The molecule has 0 atom stereocenters. The summed E-state index contributed by atoms with van der Waals surface area (Å²) in [6.07, 6.45) is 0.804. The lowest BCUT2D eigenvalue weighted by atomic mass is 10.0. The fourth-order valence-corrected chi connectivity index (χ4v) is 2.77. The van der Waals surface area contributed by atoms with Crippen molar-refractivity contribution in [2.75, 3.05) is 13.6 Å². The summed E-state index contributed by atoms with van der Waals surface area (Å²) in [4.78, 5) is 13.3. The number of hydrogen-bond acceptors (Lipinski definition) is 3. The lowest BCUT2D eigenvalue weighted by Gasteiger charge is -2.12. The number of halogens is 2. The zero-order chi connectivity index (χ0) is 12.9. The SMILES string of the molecule is CN1CCc2c(Cl)ccc3oc(C(=O)O)c(c23)C1.Cl. The van der Waals surface area contributed by atoms with E-state index in [2.05, 4.69) is 4.90 Å². The third kappa shape index (κ3) is 2.20. The maximum Gasteiger partial charge on any atom is 0.372 e. The van der Waals surface area contributed by atoms with Crippen LogP contribution >= 0.6 is 24.0 Å². The molecule has 19 heavy (non-hydrogen) atoms. The molecule has 1 N–H and O–H groups in total. The van der Waals surface area contributed by atoms with E-state index in [1.807, 2.05) is 7.05 Å². The van der Waals surface area contributed by atoms with Crippen molar-refractivity contribution in [3.8, 4) is 0 Å². The Morgan fingerprint density at radius 1 is 1.42 bits per heavy atom. The van der Waals surface area contributed by atoms with Gasteiger partial charge < -0.3 is 14.4 Å². The molecule has 0 radical (unpaired) electrons. The van der Waals surface area contributed by atoms with Crippen molar-refractivity contribution in [3.63, 3.8) is 0 Å². The molecule has 1 aliphatic heterocycles. The minimum Gasteiger partial charge on any atom is -0.475 e. The molecule has 6 heteroatoms. The topological polar surface area (TPSA) is 53.7 Å². The number of rotatable bonds is 1. The number of benzene rings is 1. The van der Waals surface area contributed by atoms with Gasteiger partial charge in [0.15, 0.2) is 0 Å². The van der Waals surface area contributed by atoms with Crippen LogP contribution in [-0.2, 0) is 13.0 Å². The molecule has 3 rings (SSSR count). The first kappa shape index (κ1) is 14.2. The molecule has 1 aromatic carbocycles. The van der Waals surface area contributed by atoms with E-state index < -0.39 is 5.97 Å². The summed E-state index contributed by atoms with van der Waals surface area (Å²) >= 11 is 6.21. The number of nitrogens with zero attached hydrogens (tertiary/aromatic N) is 1. The number of likely N-dealkylation sites (N-methyl/N-ethyl adjacent to an activating group) is 1. The van der Waals surface area contributed by atoms with Crippen LogP contribution in [0.15, 0.2) is 16.5 Å². The largest absolute Gasteiger partial charge is 0.475 e. The zero-order valence-corrected chi connectivity index (χ0v) is 11.8. The van der Waals surface area contributed by atoms with Crippen molar-refractivity contribution in [2.45, 2.75) is 13.0 Å². The highest BCUT2D eigenvalue weighted by atomic mass is 35.5. The molecule has 0 bridgehead atoms. The van der Waals surface area contributed by atoms with Crippen LogP contribution in [0, 0.1) is 0 Å². The minimum absolute atomic E-state index is 0. The Kier molecular flexibility index (Phi) is 3.76. The molecule has 0 fully saturated rings. The number of carboxylic acids is 1. The van der Waals surface area contributed by atoms with Gasteiger partial charge >= 0.3 is 5.97 Å². The molecule has 102 valence electrons. The van der Waals surface area contributed by atoms with Gasteiger partial charge in [-0.15, -0.1) is 12.4 Å².